The number of anilines is 1. The third kappa shape index (κ3) is 3.51. The maximum Gasteiger partial charge on any atom is 0.351 e. The predicted octanol–water partition coefficient (Wildman–Crippen LogP) is 0.470. The van der Waals surface area contributed by atoms with E-state index in [0.29, 0.717) is 6.42 Å². The van der Waals surface area contributed by atoms with E-state index < -0.39 is 30.8 Å². The van der Waals surface area contributed by atoms with Gasteiger partial charge < -0.3 is 15.6 Å². The Bertz CT molecular complexity index is 438. The summed E-state index contributed by atoms with van der Waals surface area (Å²) in [5.41, 5.74) is 4.85. The molecule has 18 heavy (non-hydrogen) atoms. The molecule has 1 heterocycles. The van der Waals surface area contributed by atoms with Gasteiger partial charge in [0.15, 0.2) is 0 Å². The molecule has 0 fully saturated rings. The number of aliphatic hydroxyl groups excluding tert-OH is 1. The van der Waals surface area contributed by atoms with Crippen molar-refractivity contribution < 1.29 is 14.2 Å². The maximum atomic E-state index is 12.3. The van der Waals surface area contributed by atoms with E-state index in [2.05, 4.69) is 4.98 Å². The highest BCUT2D eigenvalue weighted by Crippen LogP contribution is 2.15. The quantitative estimate of drug-likeness (QED) is 0.775. The van der Waals surface area contributed by atoms with E-state index in [-0.39, 0.29) is 5.82 Å². The molecule has 3 unspecified atom stereocenters. The van der Waals surface area contributed by atoms with Crippen molar-refractivity contribution in [2.24, 2.45) is 0 Å². The van der Waals surface area contributed by atoms with Gasteiger partial charge in [-0.3, -0.25) is 4.57 Å². The van der Waals surface area contributed by atoms with Crippen molar-refractivity contribution >= 4 is 5.82 Å². The largest absolute Gasteiger partial charge is 0.388 e. The molecule has 0 saturated carbocycles. The molecular formula is C11H18FN3O3. The van der Waals surface area contributed by atoms with Crippen LogP contribution in [0.15, 0.2) is 17.1 Å². The molecule has 0 aliphatic carbocycles. The Morgan fingerprint density at radius 2 is 2.33 bits per heavy atom. The van der Waals surface area contributed by atoms with E-state index >= 15 is 0 Å². The number of rotatable bonds is 6. The number of alkyl halides is 1. The lowest BCUT2D eigenvalue weighted by molar-refractivity contribution is -0.104. The molecule has 0 aliphatic heterocycles. The summed E-state index contributed by atoms with van der Waals surface area (Å²) in [6, 6.07) is 1.48. The lowest BCUT2D eigenvalue weighted by atomic mass is 10.2. The first-order valence-corrected chi connectivity index (χ1v) is 5.73. The second-order valence-electron chi connectivity index (χ2n) is 3.97. The summed E-state index contributed by atoms with van der Waals surface area (Å²) in [5, 5.41) is 9.31. The molecule has 6 nitrogen and oxygen atoms in total. The molecule has 7 heteroatoms. The fraction of sp³-hybridized carbons (Fsp3) is 0.636. The van der Waals surface area contributed by atoms with Crippen molar-refractivity contribution in [1.82, 2.24) is 9.55 Å². The number of nitrogens with zero attached hydrogens (tertiary/aromatic N) is 2. The number of nitrogen functional groups attached to an aromatic ring is 1. The summed E-state index contributed by atoms with van der Waals surface area (Å²) in [6.07, 6.45) is -0.593. The molecule has 102 valence electrons. The van der Waals surface area contributed by atoms with E-state index in [1.165, 1.54) is 16.8 Å². The smallest absolute Gasteiger partial charge is 0.351 e. The van der Waals surface area contributed by atoms with Crippen LogP contribution in [0, 0.1) is 0 Å². The summed E-state index contributed by atoms with van der Waals surface area (Å²) in [6.45, 7) is 2.46. The molecule has 3 N–H and O–H groups in total. The normalized spacial score (nSPS) is 16.2. The predicted molar refractivity (Wildman–Crippen MR) is 64.8 cm³/mol. The van der Waals surface area contributed by atoms with Gasteiger partial charge in [0.25, 0.3) is 0 Å². The fourth-order valence-electron chi connectivity index (χ4n) is 1.47. The van der Waals surface area contributed by atoms with Crippen LogP contribution in [0.25, 0.3) is 0 Å². The molecule has 0 aliphatic rings. The first kappa shape index (κ1) is 14.6. The number of aromatic nitrogens is 2. The summed E-state index contributed by atoms with van der Waals surface area (Å²) in [4.78, 5) is 15.2. The first-order chi connectivity index (χ1) is 8.49. The highest BCUT2D eigenvalue weighted by molar-refractivity contribution is 5.23. The van der Waals surface area contributed by atoms with Gasteiger partial charge in [0.2, 0.25) is 0 Å². The van der Waals surface area contributed by atoms with Crippen LogP contribution in [-0.2, 0) is 4.74 Å². The zero-order chi connectivity index (χ0) is 13.7. The molecule has 3 atom stereocenters. The van der Waals surface area contributed by atoms with Gasteiger partial charge in [-0.05, 0) is 19.4 Å². The number of hydrogen-bond acceptors (Lipinski definition) is 5. The SMILES string of the molecule is CCC(OC(C)C(O)CF)n1ccc(N)nc1=O. The van der Waals surface area contributed by atoms with Crippen LogP contribution in [0.4, 0.5) is 10.2 Å². The standard InChI is InChI=1S/C11H18FN3O3/c1-3-10(18-7(2)8(16)6-12)15-5-4-9(13)14-11(15)17/h4-5,7-8,10,16H,3,6H2,1-2H3,(H2,13,14,17). The van der Waals surface area contributed by atoms with E-state index in [1.807, 2.05) is 6.92 Å². The third-order valence-electron chi connectivity index (χ3n) is 2.58. The van der Waals surface area contributed by atoms with Gasteiger partial charge in [0.05, 0.1) is 6.10 Å². The van der Waals surface area contributed by atoms with Crippen molar-refractivity contribution in [3.05, 3.63) is 22.7 Å². The van der Waals surface area contributed by atoms with Crippen LogP contribution < -0.4 is 11.4 Å². The van der Waals surface area contributed by atoms with E-state index in [0.717, 1.165) is 0 Å². The monoisotopic (exact) mass is 259 g/mol. The molecule has 0 bridgehead atoms. The van der Waals surface area contributed by atoms with Gasteiger partial charge in [0, 0.05) is 6.20 Å². The van der Waals surface area contributed by atoms with Crippen LogP contribution in [0.2, 0.25) is 0 Å². The second kappa shape index (κ2) is 6.46. The highest BCUT2D eigenvalue weighted by Gasteiger charge is 2.20. The van der Waals surface area contributed by atoms with Gasteiger partial charge in [-0.2, -0.15) is 4.98 Å². The van der Waals surface area contributed by atoms with Crippen molar-refractivity contribution in [3.8, 4) is 0 Å². The van der Waals surface area contributed by atoms with Crippen molar-refractivity contribution in [1.29, 1.82) is 0 Å². The molecule has 0 amide bonds. The minimum atomic E-state index is -1.21. The lowest BCUT2D eigenvalue weighted by Crippen LogP contribution is -2.34. The van der Waals surface area contributed by atoms with Crippen LogP contribution in [0.3, 0.4) is 0 Å². The Balaban J connectivity index is 2.86. The summed E-state index contributed by atoms with van der Waals surface area (Å²) < 4.78 is 19.0. The summed E-state index contributed by atoms with van der Waals surface area (Å²) in [7, 11) is 0. The van der Waals surface area contributed by atoms with Crippen LogP contribution in [0.1, 0.15) is 26.5 Å². The number of ether oxygens (including phenoxy) is 1. The van der Waals surface area contributed by atoms with E-state index in [9.17, 15) is 14.3 Å². The van der Waals surface area contributed by atoms with Crippen molar-refractivity contribution in [3.63, 3.8) is 0 Å². The molecule has 0 radical (unpaired) electrons. The topological polar surface area (TPSA) is 90.4 Å². The Hall–Kier alpha value is -1.47. The van der Waals surface area contributed by atoms with E-state index in [4.69, 9.17) is 10.5 Å². The molecule has 1 aromatic rings. The Morgan fingerprint density at radius 1 is 1.67 bits per heavy atom. The van der Waals surface area contributed by atoms with Crippen LogP contribution in [0.5, 0.6) is 0 Å². The number of hydrogen-bond donors (Lipinski definition) is 2. The first-order valence-electron chi connectivity index (χ1n) is 5.73. The zero-order valence-corrected chi connectivity index (χ0v) is 10.4. The Kier molecular flexibility index (Phi) is 5.24. The van der Waals surface area contributed by atoms with Crippen LogP contribution in [-0.4, -0.2) is 33.5 Å². The lowest BCUT2D eigenvalue weighted by Gasteiger charge is -2.24. The summed E-state index contributed by atoms with van der Waals surface area (Å²) in [5.74, 6) is 0.128. The zero-order valence-electron chi connectivity index (χ0n) is 10.4. The van der Waals surface area contributed by atoms with Crippen molar-refractivity contribution in [2.45, 2.75) is 38.7 Å². The van der Waals surface area contributed by atoms with Crippen LogP contribution >= 0.6 is 0 Å². The summed E-state index contributed by atoms with van der Waals surface area (Å²) >= 11 is 0. The average molecular weight is 259 g/mol. The molecule has 1 aromatic heterocycles. The minimum absolute atomic E-state index is 0.128. The number of aliphatic hydroxyl groups is 1. The van der Waals surface area contributed by atoms with Gasteiger partial charge in [0.1, 0.15) is 24.8 Å². The molecule has 1 rings (SSSR count). The minimum Gasteiger partial charge on any atom is -0.388 e. The van der Waals surface area contributed by atoms with Gasteiger partial charge in [-0.15, -0.1) is 0 Å². The van der Waals surface area contributed by atoms with Gasteiger partial charge in [-0.25, -0.2) is 9.18 Å². The Labute approximate surface area is 104 Å². The van der Waals surface area contributed by atoms with Gasteiger partial charge >= 0.3 is 5.69 Å². The van der Waals surface area contributed by atoms with Crippen molar-refractivity contribution in [2.75, 3.05) is 12.4 Å². The molecule has 0 saturated heterocycles. The number of nitrogens with two attached hydrogens (primary N) is 1. The second-order valence-corrected chi connectivity index (χ2v) is 3.97. The van der Waals surface area contributed by atoms with E-state index in [1.54, 1.807) is 6.92 Å². The fourth-order valence-corrected chi connectivity index (χ4v) is 1.47. The molecule has 0 spiro atoms. The number of halogens is 1. The molecule has 0 aromatic carbocycles. The third-order valence-corrected chi connectivity index (χ3v) is 2.58. The average Bonchev–Trinajstić information content (AvgIpc) is 2.35. The van der Waals surface area contributed by atoms with Gasteiger partial charge in [-0.1, -0.05) is 6.92 Å². The molecular weight excluding hydrogens is 241 g/mol. The Morgan fingerprint density at radius 3 is 2.83 bits per heavy atom. The maximum absolute atomic E-state index is 12.3. The highest BCUT2D eigenvalue weighted by atomic mass is 19.1.